The number of nitrogens with zero attached hydrogens (tertiary/aromatic N) is 2. The number of methoxy groups -OCH3 is 3. The lowest BCUT2D eigenvalue weighted by Gasteiger charge is -2.11. The maximum absolute atomic E-state index is 12.4. The number of halogens is 2. The maximum Gasteiger partial charge on any atom is 0.289 e. The van der Waals surface area contributed by atoms with E-state index in [0.717, 1.165) is 0 Å². The zero-order chi connectivity index (χ0) is 21.7. The SMILES string of the molecule is COc1cc(OC)c(OC)cc1/C=N/NC(=O)c1cc(-c2ccc(Cl)cc2Cl)n[nH]1. The maximum atomic E-state index is 12.4. The molecule has 0 saturated heterocycles. The number of rotatable bonds is 7. The molecule has 2 N–H and O–H groups in total. The molecule has 0 bridgehead atoms. The van der Waals surface area contributed by atoms with Crippen molar-refractivity contribution < 1.29 is 19.0 Å². The van der Waals surface area contributed by atoms with Crippen LogP contribution >= 0.6 is 23.2 Å². The first kappa shape index (κ1) is 21.5. The quantitative estimate of drug-likeness (QED) is 0.417. The van der Waals surface area contributed by atoms with Crippen LogP contribution in [0, 0.1) is 0 Å². The largest absolute Gasteiger partial charge is 0.496 e. The first-order chi connectivity index (χ1) is 14.5. The topological polar surface area (TPSA) is 97.8 Å². The molecule has 30 heavy (non-hydrogen) atoms. The number of hydrogen-bond donors (Lipinski definition) is 2. The molecule has 0 saturated carbocycles. The van der Waals surface area contributed by atoms with Crippen LogP contribution in [0.2, 0.25) is 10.0 Å². The van der Waals surface area contributed by atoms with E-state index in [4.69, 9.17) is 37.4 Å². The molecule has 8 nitrogen and oxygen atoms in total. The number of carbonyl (C=O) groups is 1. The predicted molar refractivity (Wildman–Crippen MR) is 115 cm³/mol. The van der Waals surface area contributed by atoms with Gasteiger partial charge in [-0.2, -0.15) is 10.2 Å². The Kier molecular flexibility index (Phi) is 6.81. The second-order valence-electron chi connectivity index (χ2n) is 5.94. The summed E-state index contributed by atoms with van der Waals surface area (Å²) in [6, 6.07) is 9.94. The number of aromatic nitrogens is 2. The zero-order valence-corrected chi connectivity index (χ0v) is 17.8. The summed E-state index contributed by atoms with van der Waals surface area (Å²) < 4.78 is 15.8. The molecule has 2 aromatic carbocycles. The molecule has 0 fully saturated rings. The first-order valence-corrected chi connectivity index (χ1v) is 9.36. The average molecular weight is 449 g/mol. The molecule has 0 atom stereocenters. The van der Waals surface area contributed by atoms with Gasteiger partial charge in [0, 0.05) is 22.2 Å². The molecule has 0 aliphatic heterocycles. The van der Waals surface area contributed by atoms with E-state index in [9.17, 15) is 4.79 Å². The molecular weight excluding hydrogens is 431 g/mol. The van der Waals surface area contributed by atoms with Crippen molar-refractivity contribution in [2.75, 3.05) is 21.3 Å². The number of hydrogen-bond acceptors (Lipinski definition) is 6. The van der Waals surface area contributed by atoms with E-state index in [1.165, 1.54) is 27.5 Å². The van der Waals surface area contributed by atoms with E-state index < -0.39 is 5.91 Å². The van der Waals surface area contributed by atoms with Crippen molar-refractivity contribution in [3.05, 3.63) is 57.7 Å². The summed E-state index contributed by atoms with van der Waals surface area (Å²) in [5, 5.41) is 11.7. The van der Waals surface area contributed by atoms with Gasteiger partial charge in [0.05, 0.1) is 38.3 Å². The number of amides is 1. The van der Waals surface area contributed by atoms with E-state index in [0.29, 0.717) is 44.1 Å². The van der Waals surface area contributed by atoms with Gasteiger partial charge >= 0.3 is 0 Å². The summed E-state index contributed by atoms with van der Waals surface area (Å²) in [6.07, 6.45) is 1.44. The number of aromatic amines is 1. The van der Waals surface area contributed by atoms with Gasteiger partial charge in [-0.15, -0.1) is 0 Å². The summed E-state index contributed by atoms with van der Waals surface area (Å²) in [6.45, 7) is 0. The van der Waals surface area contributed by atoms with Crippen LogP contribution in [-0.2, 0) is 0 Å². The van der Waals surface area contributed by atoms with Crippen molar-refractivity contribution in [3.8, 4) is 28.5 Å². The highest BCUT2D eigenvalue weighted by Gasteiger charge is 2.14. The predicted octanol–water partition coefficient (Wildman–Crippen LogP) is 4.17. The third kappa shape index (κ3) is 4.67. The van der Waals surface area contributed by atoms with E-state index in [1.54, 1.807) is 36.4 Å². The van der Waals surface area contributed by atoms with Crippen molar-refractivity contribution in [1.29, 1.82) is 0 Å². The number of hydrazone groups is 1. The van der Waals surface area contributed by atoms with Gasteiger partial charge in [0.2, 0.25) is 0 Å². The third-order valence-corrected chi connectivity index (χ3v) is 4.68. The van der Waals surface area contributed by atoms with Gasteiger partial charge in [-0.25, -0.2) is 5.43 Å². The molecule has 0 spiro atoms. The van der Waals surface area contributed by atoms with E-state index in [-0.39, 0.29) is 5.69 Å². The Morgan fingerprint density at radius 2 is 1.73 bits per heavy atom. The highest BCUT2D eigenvalue weighted by atomic mass is 35.5. The van der Waals surface area contributed by atoms with Gasteiger partial charge in [-0.05, 0) is 30.3 Å². The highest BCUT2D eigenvalue weighted by molar-refractivity contribution is 6.36. The second kappa shape index (κ2) is 9.51. The lowest BCUT2D eigenvalue weighted by molar-refractivity contribution is 0.0950. The Hall–Kier alpha value is -3.23. The van der Waals surface area contributed by atoms with Crippen LogP contribution in [0.1, 0.15) is 16.1 Å². The van der Waals surface area contributed by atoms with Crippen molar-refractivity contribution in [1.82, 2.24) is 15.6 Å². The smallest absolute Gasteiger partial charge is 0.289 e. The average Bonchev–Trinajstić information content (AvgIpc) is 3.23. The summed E-state index contributed by atoms with van der Waals surface area (Å²) in [5.41, 5.74) is 4.39. The Morgan fingerprint density at radius 3 is 2.40 bits per heavy atom. The second-order valence-corrected chi connectivity index (χ2v) is 6.78. The summed E-state index contributed by atoms with van der Waals surface area (Å²) in [5.74, 6) is 1.05. The van der Waals surface area contributed by atoms with Crippen molar-refractivity contribution >= 4 is 35.3 Å². The van der Waals surface area contributed by atoms with Gasteiger partial charge in [0.25, 0.3) is 5.91 Å². The number of benzene rings is 2. The van der Waals surface area contributed by atoms with E-state index in [1.807, 2.05) is 0 Å². The standard InChI is InChI=1S/C20H18Cl2N4O4/c1-28-17-9-19(30-3)18(29-2)6-11(17)10-23-26-20(27)16-8-15(24-25-16)13-5-4-12(21)7-14(13)22/h4-10H,1-3H3,(H,24,25)(H,26,27)/b23-10+. The van der Waals surface area contributed by atoms with Crippen molar-refractivity contribution in [2.24, 2.45) is 5.10 Å². The minimum atomic E-state index is -0.477. The molecule has 0 unspecified atom stereocenters. The fourth-order valence-corrected chi connectivity index (χ4v) is 3.15. The molecule has 0 radical (unpaired) electrons. The van der Waals surface area contributed by atoms with Crippen LogP contribution in [0.15, 0.2) is 41.5 Å². The molecule has 1 heterocycles. The molecule has 1 aromatic heterocycles. The lowest BCUT2D eigenvalue weighted by atomic mass is 10.1. The Labute approximate surface area is 182 Å². The number of nitrogens with one attached hydrogen (secondary N) is 2. The summed E-state index contributed by atoms with van der Waals surface area (Å²) in [4.78, 5) is 12.4. The minimum absolute atomic E-state index is 0.215. The van der Waals surface area contributed by atoms with Gasteiger partial charge in [0.15, 0.2) is 11.5 Å². The monoisotopic (exact) mass is 448 g/mol. The summed E-state index contributed by atoms with van der Waals surface area (Å²) >= 11 is 12.1. The van der Waals surface area contributed by atoms with Crippen LogP contribution in [0.3, 0.4) is 0 Å². The first-order valence-electron chi connectivity index (χ1n) is 8.61. The molecule has 3 aromatic rings. The van der Waals surface area contributed by atoms with Gasteiger partial charge in [0.1, 0.15) is 11.4 Å². The van der Waals surface area contributed by atoms with Crippen molar-refractivity contribution in [2.45, 2.75) is 0 Å². The molecule has 0 aliphatic rings. The Morgan fingerprint density at radius 1 is 1.03 bits per heavy atom. The van der Waals surface area contributed by atoms with Crippen molar-refractivity contribution in [3.63, 3.8) is 0 Å². The molecule has 10 heteroatoms. The van der Waals surface area contributed by atoms with Crippen LogP contribution in [0.4, 0.5) is 0 Å². The number of ether oxygens (including phenoxy) is 3. The fourth-order valence-electron chi connectivity index (χ4n) is 2.65. The van der Waals surface area contributed by atoms with Gasteiger partial charge in [-0.3, -0.25) is 9.89 Å². The number of carbonyl (C=O) groups excluding carboxylic acids is 1. The number of H-pyrrole nitrogens is 1. The lowest BCUT2D eigenvalue weighted by Crippen LogP contribution is -2.18. The van der Waals surface area contributed by atoms with Gasteiger partial charge < -0.3 is 14.2 Å². The highest BCUT2D eigenvalue weighted by Crippen LogP contribution is 2.33. The molecule has 156 valence electrons. The van der Waals surface area contributed by atoms with Crippen LogP contribution in [0.5, 0.6) is 17.2 Å². The van der Waals surface area contributed by atoms with E-state index >= 15 is 0 Å². The van der Waals surface area contributed by atoms with Crippen LogP contribution < -0.4 is 19.6 Å². The fraction of sp³-hybridized carbons (Fsp3) is 0.150. The molecule has 0 aliphatic carbocycles. The summed E-state index contributed by atoms with van der Waals surface area (Å²) in [7, 11) is 4.57. The third-order valence-electron chi connectivity index (χ3n) is 4.14. The molecular formula is C20H18Cl2N4O4. The van der Waals surface area contributed by atoms with Crippen LogP contribution in [0.25, 0.3) is 11.3 Å². The normalized spacial score (nSPS) is 10.8. The Balaban J connectivity index is 1.75. The zero-order valence-electron chi connectivity index (χ0n) is 16.3. The molecule has 3 rings (SSSR count). The van der Waals surface area contributed by atoms with E-state index in [2.05, 4.69) is 20.7 Å². The molecule has 1 amide bonds. The van der Waals surface area contributed by atoms with Crippen LogP contribution in [-0.4, -0.2) is 43.6 Å². The Bertz CT molecular complexity index is 1100. The van der Waals surface area contributed by atoms with Gasteiger partial charge in [-0.1, -0.05) is 23.2 Å². The minimum Gasteiger partial charge on any atom is -0.496 e.